The zero-order chi connectivity index (χ0) is 9.14. The Bertz CT molecular complexity index is 309. The van der Waals surface area contributed by atoms with Gasteiger partial charge in [-0.15, -0.1) is 0 Å². The Labute approximate surface area is 66.8 Å². The van der Waals surface area contributed by atoms with Crippen molar-refractivity contribution in [3.05, 3.63) is 35.1 Å². The maximum Gasteiger partial charge on any atom is 0.194 e. The molecule has 0 aromatic heterocycles. The van der Waals surface area contributed by atoms with Crippen LogP contribution in [0.25, 0.3) is 0 Å². The molecular formula is C8H5F3O. The van der Waals surface area contributed by atoms with Gasteiger partial charge in [0, 0.05) is 6.42 Å². The van der Waals surface area contributed by atoms with Gasteiger partial charge in [0.1, 0.15) is 6.29 Å². The lowest BCUT2D eigenvalue weighted by molar-refractivity contribution is -0.107. The molecule has 64 valence electrons. The van der Waals surface area contributed by atoms with E-state index in [1.807, 2.05) is 0 Å². The van der Waals surface area contributed by atoms with Gasteiger partial charge in [0.05, 0.1) is 0 Å². The molecule has 4 heteroatoms. The maximum atomic E-state index is 12.7. The maximum absolute atomic E-state index is 12.7. The van der Waals surface area contributed by atoms with Crippen molar-refractivity contribution in [3.63, 3.8) is 0 Å². The Hall–Kier alpha value is -1.32. The molecule has 0 unspecified atom stereocenters. The molecule has 1 rings (SSSR count). The Morgan fingerprint density at radius 2 is 1.83 bits per heavy atom. The van der Waals surface area contributed by atoms with E-state index in [1.54, 1.807) is 0 Å². The van der Waals surface area contributed by atoms with Crippen molar-refractivity contribution in [1.82, 2.24) is 0 Å². The van der Waals surface area contributed by atoms with Gasteiger partial charge in [0.25, 0.3) is 0 Å². The molecule has 1 aromatic carbocycles. The first-order valence-electron chi connectivity index (χ1n) is 3.23. The van der Waals surface area contributed by atoms with Crippen molar-refractivity contribution in [1.29, 1.82) is 0 Å². The van der Waals surface area contributed by atoms with Gasteiger partial charge in [0.15, 0.2) is 17.5 Å². The molecule has 0 aliphatic heterocycles. The van der Waals surface area contributed by atoms with Gasteiger partial charge in [0.2, 0.25) is 0 Å². The van der Waals surface area contributed by atoms with E-state index < -0.39 is 17.5 Å². The number of hydrogen-bond donors (Lipinski definition) is 0. The third-order valence-electron chi connectivity index (χ3n) is 1.42. The van der Waals surface area contributed by atoms with Crippen molar-refractivity contribution in [2.75, 3.05) is 0 Å². The molecule has 0 spiro atoms. The first-order valence-corrected chi connectivity index (χ1v) is 3.23. The molecule has 0 saturated carbocycles. The van der Waals surface area contributed by atoms with Crippen molar-refractivity contribution >= 4 is 6.29 Å². The average Bonchev–Trinajstić information content (AvgIpc) is 2.07. The summed E-state index contributed by atoms with van der Waals surface area (Å²) in [6.45, 7) is 0. The van der Waals surface area contributed by atoms with Crippen LogP contribution in [0, 0.1) is 17.5 Å². The lowest BCUT2D eigenvalue weighted by Crippen LogP contribution is -1.97. The van der Waals surface area contributed by atoms with Gasteiger partial charge in [-0.1, -0.05) is 6.07 Å². The molecule has 0 fully saturated rings. The fraction of sp³-hybridized carbons (Fsp3) is 0.125. The summed E-state index contributed by atoms with van der Waals surface area (Å²) >= 11 is 0. The zero-order valence-electron chi connectivity index (χ0n) is 5.98. The first kappa shape index (κ1) is 8.77. The van der Waals surface area contributed by atoms with Crippen LogP contribution in [0.2, 0.25) is 0 Å². The van der Waals surface area contributed by atoms with E-state index in [9.17, 15) is 18.0 Å². The molecule has 0 heterocycles. The van der Waals surface area contributed by atoms with E-state index in [2.05, 4.69) is 0 Å². The van der Waals surface area contributed by atoms with Crippen molar-refractivity contribution in [2.24, 2.45) is 0 Å². The zero-order valence-corrected chi connectivity index (χ0v) is 5.98. The summed E-state index contributed by atoms with van der Waals surface area (Å²) in [5.74, 6) is -4.07. The monoisotopic (exact) mass is 174 g/mol. The highest BCUT2D eigenvalue weighted by atomic mass is 19.2. The van der Waals surface area contributed by atoms with Gasteiger partial charge in [-0.05, 0) is 11.6 Å². The van der Waals surface area contributed by atoms with Crippen LogP contribution in [0.5, 0.6) is 0 Å². The van der Waals surface area contributed by atoms with Crippen LogP contribution < -0.4 is 0 Å². The molecule has 12 heavy (non-hydrogen) atoms. The Kier molecular flexibility index (Phi) is 2.47. The van der Waals surface area contributed by atoms with Crippen molar-refractivity contribution in [2.45, 2.75) is 6.42 Å². The SMILES string of the molecule is O=CCc1ccc(F)c(F)c1F. The molecular weight excluding hydrogens is 169 g/mol. The van der Waals surface area contributed by atoms with E-state index in [0.717, 1.165) is 12.1 Å². The standard InChI is InChI=1S/C8H5F3O/c9-6-2-1-5(3-4-12)7(10)8(6)11/h1-2,4H,3H2. The average molecular weight is 174 g/mol. The smallest absolute Gasteiger partial charge is 0.194 e. The summed E-state index contributed by atoms with van der Waals surface area (Å²) in [5.41, 5.74) is -0.135. The quantitative estimate of drug-likeness (QED) is 0.494. The highest BCUT2D eigenvalue weighted by molar-refractivity contribution is 5.55. The number of halogens is 3. The van der Waals surface area contributed by atoms with Crippen molar-refractivity contribution < 1.29 is 18.0 Å². The summed E-state index contributed by atoms with van der Waals surface area (Å²) in [6.07, 6.45) is 0.179. The molecule has 0 radical (unpaired) electrons. The predicted molar refractivity (Wildman–Crippen MR) is 36.1 cm³/mol. The van der Waals surface area contributed by atoms with Crippen LogP contribution in [0.1, 0.15) is 5.56 Å². The van der Waals surface area contributed by atoms with E-state index in [-0.39, 0.29) is 12.0 Å². The lowest BCUT2D eigenvalue weighted by atomic mass is 10.1. The van der Waals surface area contributed by atoms with Crippen LogP contribution >= 0.6 is 0 Å². The topological polar surface area (TPSA) is 17.1 Å². The normalized spacial score (nSPS) is 9.92. The Balaban J connectivity index is 3.16. The van der Waals surface area contributed by atoms with Crippen LogP contribution in [0.15, 0.2) is 12.1 Å². The van der Waals surface area contributed by atoms with Gasteiger partial charge < -0.3 is 4.79 Å². The molecule has 0 bridgehead atoms. The fourth-order valence-electron chi connectivity index (χ4n) is 0.813. The van der Waals surface area contributed by atoms with Crippen LogP contribution in [0.3, 0.4) is 0 Å². The molecule has 1 aromatic rings. The van der Waals surface area contributed by atoms with Gasteiger partial charge in [-0.2, -0.15) is 0 Å². The first-order chi connectivity index (χ1) is 5.66. The number of aldehydes is 1. The minimum atomic E-state index is -1.53. The third kappa shape index (κ3) is 1.47. The van der Waals surface area contributed by atoms with Crippen molar-refractivity contribution in [3.8, 4) is 0 Å². The summed E-state index contributed by atoms with van der Waals surface area (Å²) in [4.78, 5) is 9.94. The summed E-state index contributed by atoms with van der Waals surface area (Å²) < 4.78 is 37.4. The fourth-order valence-corrected chi connectivity index (χ4v) is 0.813. The summed E-state index contributed by atoms with van der Waals surface area (Å²) in [5, 5.41) is 0. The molecule has 0 amide bonds. The second-order valence-electron chi connectivity index (χ2n) is 2.21. The largest absolute Gasteiger partial charge is 0.303 e. The van der Waals surface area contributed by atoms with Crippen LogP contribution in [-0.4, -0.2) is 6.29 Å². The molecule has 0 aliphatic rings. The third-order valence-corrected chi connectivity index (χ3v) is 1.42. The number of rotatable bonds is 2. The summed E-state index contributed by atoms with van der Waals surface area (Å²) in [6, 6.07) is 1.83. The molecule has 0 atom stereocenters. The van der Waals surface area contributed by atoms with Crippen LogP contribution in [0.4, 0.5) is 13.2 Å². The highest BCUT2D eigenvalue weighted by Gasteiger charge is 2.12. The Morgan fingerprint density at radius 1 is 1.17 bits per heavy atom. The molecule has 0 N–H and O–H groups in total. The number of carbonyl (C=O) groups is 1. The predicted octanol–water partition coefficient (Wildman–Crippen LogP) is 1.85. The van der Waals surface area contributed by atoms with Gasteiger partial charge in [-0.3, -0.25) is 0 Å². The minimum absolute atomic E-state index is 0.135. The molecule has 0 aliphatic carbocycles. The van der Waals surface area contributed by atoms with Gasteiger partial charge in [-0.25, -0.2) is 13.2 Å². The number of carbonyl (C=O) groups excluding carboxylic acids is 1. The second-order valence-corrected chi connectivity index (χ2v) is 2.21. The van der Waals surface area contributed by atoms with E-state index in [0.29, 0.717) is 6.29 Å². The lowest BCUT2D eigenvalue weighted by Gasteiger charge is -1.99. The molecule has 0 saturated heterocycles. The van der Waals surface area contributed by atoms with E-state index in [1.165, 1.54) is 0 Å². The Morgan fingerprint density at radius 3 is 2.42 bits per heavy atom. The molecule has 1 nitrogen and oxygen atoms in total. The summed E-state index contributed by atoms with van der Waals surface area (Å²) in [7, 11) is 0. The van der Waals surface area contributed by atoms with E-state index in [4.69, 9.17) is 0 Å². The highest BCUT2D eigenvalue weighted by Crippen LogP contribution is 2.14. The second kappa shape index (κ2) is 3.38. The number of hydrogen-bond acceptors (Lipinski definition) is 1. The minimum Gasteiger partial charge on any atom is -0.303 e. The van der Waals surface area contributed by atoms with E-state index >= 15 is 0 Å². The van der Waals surface area contributed by atoms with Gasteiger partial charge >= 0.3 is 0 Å². The van der Waals surface area contributed by atoms with Crippen LogP contribution in [-0.2, 0) is 11.2 Å². The number of benzene rings is 1.